The van der Waals surface area contributed by atoms with E-state index in [4.69, 9.17) is 0 Å². The van der Waals surface area contributed by atoms with Crippen LogP contribution in [0.2, 0.25) is 0 Å². The Hall–Kier alpha value is -2.49. The lowest BCUT2D eigenvalue weighted by Gasteiger charge is -2.10. The molecule has 112 valence electrons. The molecule has 3 rings (SSSR count). The second kappa shape index (κ2) is 6.10. The van der Waals surface area contributed by atoms with Crippen molar-refractivity contribution in [3.8, 4) is 0 Å². The molecule has 1 heterocycles. The molecule has 0 fully saturated rings. The SMILES string of the molecule is CCCCCc1c2ccccc2nc2ccc([N+](=O)[O-])cc12. The number of nitro groups is 1. The number of hydrogen-bond donors (Lipinski definition) is 0. The zero-order chi connectivity index (χ0) is 15.5. The first-order valence-corrected chi connectivity index (χ1v) is 7.66. The number of nitro benzene ring substituents is 1. The molecule has 0 aliphatic carbocycles. The van der Waals surface area contributed by atoms with Crippen LogP contribution in [0.15, 0.2) is 42.5 Å². The molecule has 0 aliphatic heterocycles. The van der Waals surface area contributed by atoms with Gasteiger partial charge in [-0.1, -0.05) is 38.0 Å². The van der Waals surface area contributed by atoms with Crippen molar-refractivity contribution in [3.05, 3.63) is 58.1 Å². The molecular weight excluding hydrogens is 276 g/mol. The quantitative estimate of drug-likeness (QED) is 0.287. The first kappa shape index (κ1) is 14.4. The number of non-ortho nitro benzene ring substituents is 1. The number of aryl methyl sites for hydroxylation is 1. The van der Waals surface area contributed by atoms with Crippen LogP contribution in [-0.4, -0.2) is 9.91 Å². The van der Waals surface area contributed by atoms with E-state index in [1.165, 1.54) is 11.6 Å². The average Bonchev–Trinajstić information content (AvgIpc) is 2.53. The van der Waals surface area contributed by atoms with Gasteiger partial charge in [0.05, 0.1) is 16.0 Å². The van der Waals surface area contributed by atoms with E-state index in [0.29, 0.717) is 0 Å². The first-order chi connectivity index (χ1) is 10.7. The van der Waals surface area contributed by atoms with Crippen LogP contribution in [0.25, 0.3) is 21.8 Å². The van der Waals surface area contributed by atoms with E-state index in [2.05, 4.69) is 18.0 Å². The Balaban J connectivity index is 2.25. The molecule has 4 nitrogen and oxygen atoms in total. The maximum atomic E-state index is 11.1. The Morgan fingerprint density at radius 2 is 1.82 bits per heavy atom. The molecule has 0 atom stereocenters. The number of hydrogen-bond acceptors (Lipinski definition) is 3. The molecule has 0 spiro atoms. The maximum absolute atomic E-state index is 11.1. The highest BCUT2D eigenvalue weighted by Crippen LogP contribution is 2.30. The predicted molar refractivity (Wildman–Crippen MR) is 89.1 cm³/mol. The number of benzene rings is 2. The third kappa shape index (κ3) is 2.64. The Bertz CT molecular complexity index is 843. The second-order valence-electron chi connectivity index (χ2n) is 5.52. The van der Waals surface area contributed by atoms with Crippen molar-refractivity contribution < 1.29 is 4.92 Å². The zero-order valence-corrected chi connectivity index (χ0v) is 12.6. The van der Waals surface area contributed by atoms with Crippen molar-refractivity contribution >= 4 is 27.5 Å². The normalized spacial score (nSPS) is 11.1. The van der Waals surface area contributed by atoms with Gasteiger partial charge in [-0.2, -0.15) is 0 Å². The van der Waals surface area contributed by atoms with Gasteiger partial charge in [0.1, 0.15) is 0 Å². The van der Waals surface area contributed by atoms with E-state index in [9.17, 15) is 10.1 Å². The van der Waals surface area contributed by atoms with Crippen molar-refractivity contribution in [2.45, 2.75) is 32.6 Å². The molecule has 22 heavy (non-hydrogen) atoms. The molecule has 0 saturated heterocycles. The minimum atomic E-state index is -0.343. The maximum Gasteiger partial charge on any atom is 0.270 e. The lowest BCUT2D eigenvalue weighted by molar-refractivity contribution is -0.384. The molecule has 0 bridgehead atoms. The Morgan fingerprint density at radius 1 is 1.05 bits per heavy atom. The van der Waals surface area contributed by atoms with Gasteiger partial charge in [-0.3, -0.25) is 10.1 Å². The van der Waals surface area contributed by atoms with Crippen molar-refractivity contribution in [1.29, 1.82) is 0 Å². The number of pyridine rings is 1. The van der Waals surface area contributed by atoms with Crippen molar-refractivity contribution in [2.75, 3.05) is 0 Å². The summed E-state index contributed by atoms with van der Waals surface area (Å²) in [4.78, 5) is 15.4. The molecule has 2 aromatic carbocycles. The summed E-state index contributed by atoms with van der Waals surface area (Å²) >= 11 is 0. The summed E-state index contributed by atoms with van der Waals surface area (Å²) in [5.41, 5.74) is 3.09. The topological polar surface area (TPSA) is 56.0 Å². The monoisotopic (exact) mass is 294 g/mol. The third-order valence-electron chi connectivity index (χ3n) is 4.02. The van der Waals surface area contributed by atoms with E-state index in [-0.39, 0.29) is 10.6 Å². The zero-order valence-electron chi connectivity index (χ0n) is 12.6. The smallest absolute Gasteiger partial charge is 0.258 e. The average molecular weight is 294 g/mol. The van der Waals surface area contributed by atoms with Crippen LogP contribution in [-0.2, 0) is 6.42 Å². The lowest BCUT2D eigenvalue weighted by atomic mass is 9.97. The van der Waals surface area contributed by atoms with E-state index in [1.54, 1.807) is 12.1 Å². The third-order valence-corrected chi connectivity index (χ3v) is 4.02. The van der Waals surface area contributed by atoms with Gasteiger partial charge in [-0.15, -0.1) is 0 Å². The van der Waals surface area contributed by atoms with Gasteiger partial charge in [0.2, 0.25) is 0 Å². The fraction of sp³-hybridized carbons (Fsp3) is 0.278. The van der Waals surface area contributed by atoms with Gasteiger partial charge < -0.3 is 0 Å². The van der Waals surface area contributed by atoms with Crippen LogP contribution in [0.5, 0.6) is 0 Å². The van der Waals surface area contributed by atoms with Crippen LogP contribution in [0.4, 0.5) is 5.69 Å². The fourth-order valence-electron chi connectivity index (χ4n) is 2.90. The largest absolute Gasteiger partial charge is 0.270 e. The molecule has 0 aliphatic rings. The molecule has 0 unspecified atom stereocenters. The van der Waals surface area contributed by atoms with Gasteiger partial charge in [0.15, 0.2) is 0 Å². The number of unbranched alkanes of at least 4 members (excludes halogenated alkanes) is 2. The molecule has 1 aromatic heterocycles. The van der Waals surface area contributed by atoms with E-state index >= 15 is 0 Å². The Labute approximate surface area is 128 Å². The number of aromatic nitrogens is 1. The van der Waals surface area contributed by atoms with Crippen LogP contribution >= 0.6 is 0 Å². The second-order valence-corrected chi connectivity index (χ2v) is 5.52. The van der Waals surface area contributed by atoms with Gasteiger partial charge >= 0.3 is 0 Å². The highest BCUT2D eigenvalue weighted by Gasteiger charge is 2.13. The van der Waals surface area contributed by atoms with Gasteiger partial charge in [-0.25, -0.2) is 4.98 Å². The van der Waals surface area contributed by atoms with Crippen LogP contribution in [0, 0.1) is 10.1 Å². The molecule has 0 amide bonds. The number of rotatable bonds is 5. The number of para-hydroxylation sites is 1. The standard InChI is InChI=1S/C18H18N2O2/c1-2-3-4-7-14-15-8-5-6-9-17(15)19-18-11-10-13(20(21)22)12-16(14)18/h5-6,8-12H,2-4,7H2,1H3. The van der Waals surface area contributed by atoms with Crippen molar-refractivity contribution in [2.24, 2.45) is 0 Å². The van der Waals surface area contributed by atoms with E-state index < -0.39 is 0 Å². The van der Waals surface area contributed by atoms with Crippen molar-refractivity contribution in [1.82, 2.24) is 4.98 Å². The minimum Gasteiger partial charge on any atom is -0.258 e. The molecule has 0 saturated carbocycles. The first-order valence-electron chi connectivity index (χ1n) is 7.66. The van der Waals surface area contributed by atoms with Crippen molar-refractivity contribution in [3.63, 3.8) is 0 Å². The van der Waals surface area contributed by atoms with Gasteiger partial charge in [0, 0.05) is 22.9 Å². The number of nitrogens with zero attached hydrogens (tertiary/aromatic N) is 2. The summed E-state index contributed by atoms with van der Waals surface area (Å²) in [6.45, 7) is 2.17. The number of fused-ring (bicyclic) bond motifs is 2. The van der Waals surface area contributed by atoms with Crippen LogP contribution in [0.3, 0.4) is 0 Å². The highest BCUT2D eigenvalue weighted by molar-refractivity contribution is 5.98. The van der Waals surface area contributed by atoms with Gasteiger partial charge in [0.25, 0.3) is 5.69 Å². The fourth-order valence-corrected chi connectivity index (χ4v) is 2.90. The summed E-state index contributed by atoms with van der Waals surface area (Å²) in [5.74, 6) is 0. The highest BCUT2D eigenvalue weighted by atomic mass is 16.6. The van der Waals surface area contributed by atoms with Crippen LogP contribution in [0.1, 0.15) is 31.7 Å². The molecule has 0 radical (unpaired) electrons. The van der Waals surface area contributed by atoms with Crippen LogP contribution < -0.4 is 0 Å². The Kier molecular flexibility index (Phi) is 4.00. The van der Waals surface area contributed by atoms with E-state index in [1.807, 2.05) is 18.2 Å². The summed E-state index contributed by atoms with van der Waals surface area (Å²) in [7, 11) is 0. The minimum absolute atomic E-state index is 0.126. The molecular formula is C18H18N2O2. The Morgan fingerprint density at radius 3 is 2.59 bits per heavy atom. The summed E-state index contributed by atoms with van der Waals surface area (Å²) in [6, 6.07) is 13.0. The molecule has 4 heteroatoms. The predicted octanol–water partition coefficient (Wildman–Crippen LogP) is 5.03. The van der Waals surface area contributed by atoms with E-state index in [0.717, 1.165) is 47.5 Å². The lowest BCUT2D eigenvalue weighted by Crippen LogP contribution is -1.95. The molecule has 0 N–H and O–H groups in total. The summed E-state index contributed by atoms with van der Waals surface area (Å²) in [6.07, 6.45) is 4.32. The molecule has 3 aromatic rings. The summed E-state index contributed by atoms with van der Waals surface area (Å²) < 4.78 is 0. The van der Waals surface area contributed by atoms with Gasteiger partial charge in [-0.05, 0) is 30.5 Å². The summed E-state index contributed by atoms with van der Waals surface area (Å²) in [5, 5.41) is 13.1.